The van der Waals surface area contributed by atoms with Crippen molar-refractivity contribution in [2.24, 2.45) is 5.14 Å². The molecule has 0 saturated heterocycles. The zero-order chi connectivity index (χ0) is 8.65. The molecule has 0 aliphatic heterocycles. The molecule has 62 valence electrons. The standard InChI is InChI=1S/C5H6ClNO2S2/c1-3-2-10-5(4(3)6)11(7,8)9/h2H,1H3,(H2,7,8,9). The van der Waals surface area contributed by atoms with Gasteiger partial charge in [0.05, 0.1) is 5.02 Å². The molecule has 0 spiro atoms. The van der Waals surface area contributed by atoms with Crippen LogP contribution < -0.4 is 5.14 Å². The van der Waals surface area contributed by atoms with Crippen LogP contribution in [0.15, 0.2) is 9.59 Å². The summed E-state index contributed by atoms with van der Waals surface area (Å²) in [6, 6.07) is 0. The Morgan fingerprint density at radius 3 is 2.36 bits per heavy atom. The largest absolute Gasteiger partial charge is 0.249 e. The summed E-state index contributed by atoms with van der Waals surface area (Å²) in [7, 11) is -3.63. The maximum absolute atomic E-state index is 10.8. The molecule has 1 aromatic heterocycles. The zero-order valence-electron chi connectivity index (χ0n) is 5.67. The third-order valence-corrected chi connectivity index (χ3v) is 4.43. The predicted octanol–water partition coefficient (Wildman–Crippen LogP) is 1.36. The van der Waals surface area contributed by atoms with Crippen LogP contribution in [-0.4, -0.2) is 8.42 Å². The van der Waals surface area contributed by atoms with Gasteiger partial charge in [0.25, 0.3) is 0 Å². The average molecular weight is 212 g/mol. The lowest BCUT2D eigenvalue weighted by atomic mass is 10.4. The summed E-state index contributed by atoms with van der Waals surface area (Å²) < 4.78 is 21.6. The van der Waals surface area contributed by atoms with E-state index in [4.69, 9.17) is 16.7 Å². The van der Waals surface area contributed by atoms with Crippen LogP contribution in [0.5, 0.6) is 0 Å². The molecule has 0 radical (unpaired) electrons. The van der Waals surface area contributed by atoms with Crippen LogP contribution >= 0.6 is 22.9 Å². The van der Waals surface area contributed by atoms with Crippen molar-refractivity contribution in [3.05, 3.63) is 16.0 Å². The summed E-state index contributed by atoms with van der Waals surface area (Å²) in [5.74, 6) is 0. The Morgan fingerprint density at radius 2 is 2.18 bits per heavy atom. The van der Waals surface area contributed by atoms with Gasteiger partial charge in [0.15, 0.2) is 4.21 Å². The van der Waals surface area contributed by atoms with Crippen LogP contribution in [0.2, 0.25) is 5.02 Å². The molecule has 0 aromatic carbocycles. The summed E-state index contributed by atoms with van der Waals surface area (Å²) in [6.45, 7) is 1.73. The van der Waals surface area contributed by atoms with Gasteiger partial charge in [-0.15, -0.1) is 11.3 Å². The smallest absolute Gasteiger partial charge is 0.224 e. The molecule has 0 saturated carbocycles. The molecular formula is C5H6ClNO2S2. The van der Waals surface area contributed by atoms with Gasteiger partial charge in [-0.25, -0.2) is 13.6 Å². The maximum atomic E-state index is 10.8. The Kier molecular flexibility index (Phi) is 2.24. The predicted molar refractivity (Wildman–Crippen MR) is 45.4 cm³/mol. The number of halogens is 1. The van der Waals surface area contributed by atoms with E-state index in [0.29, 0.717) is 0 Å². The fourth-order valence-electron chi connectivity index (χ4n) is 0.598. The monoisotopic (exact) mass is 211 g/mol. The second-order valence-electron chi connectivity index (χ2n) is 2.07. The zero-order valence-corrected chi connectivity index (χ0v) is 8.05. The van der Waals surface area contributed by atoms with Crippen LogP contribution in [0.25, 0.3) is 0 Å². The Hall–Kier alpha value is -0.100. The first-order valence-corrected chi connectivity index (χ1v) is 5.49. The van der Waals surface area contributed by atoms with Crippen molar-refractivity contribution in [3.63, 3.8) is 0 Å². The van der Waals surface area contributed by atoms with Crippen molar-refractivity contribution in [3.8, 4) is 0 Å². The third-order valence-electron chi connectivity index (χ3n) is 1.13. The van der Waals surface area contributed by atoms with Gasteiger partial charge in [0.2, 0.25) is 10.0 Å². The molecule has 11 heavy (non-hydrogen) atoms. The fourth-order valence-corrected chi connectivity index (χ4v) is 2.93. The van der Waals surface area contributed by atoms with E-state index < -0.39 is 10.0 Å². The second kappa shape index (κ2) is 2.75. The van der Waals surface area contributed by atoms with E-state index in [0.717, 1.165) is 16.9 Å². The Bertz CT molecular complexity index is 368. The number of sulfonamides is 1. The number of hydrogen-bond donors (Lipinski definition) is 1. The van der Waals surface area contributed by atoms with Crippen LogP contribution in [-0.2, 0) is 10.0 Å². The Morgan fingerprint density at radius 1 is 1.64 bits per heavy atom. The van der Waals surface area contributed by atoms with Crippen LogP contribution in [0, 0.1) is 6.92 Å². The average Bonchev–Trinajstić information content (AvgIpc) is 2.11. The summed E-state index contributed by atoms with van der Waals surface area (Å²) in [6.07, 6.45) is 0. The van der Waals surface area contributed by atoms with Crippen molar-refractivity contribution in [1.29, 1.82) is 0 Å². The molecule has 6 heteroatoms. The van der Waals surface area contributed by atoms with Gasteiger partial charge in [0, 0.05) is 0 Å². The van der Waals surface area contributed by atoms with E-state index >= 15 is 0 Å². The number of nitrogens with two attached hydrogens (primary N) is 1. The van der Waals surface area contributed by atoms with Gasteiger partial charge >= 0.3 is 0 Å². The number of hydrogen-bond acceptors (Lipinski definition) is 3. The lowest BCUT2D eigenvalue weighted by Gasteiger charge is -1.92. The molecule has 1 rings (SSSR count). The normalized spacial score (nSPS) is 11.9. The van der Waals surface area contributed by atoms with Gasteiger partial charge < -0.3 is 0 Å². The summed E-state index contributed by atoms with van der Waals surface area (Å²) in [5.41, 5.74) is 0.737. The molecule has 1 heterocycles. The molecule has 0 unspecified atom stereocenters. The fraction of sp³-hybridized carbons (Fsp3) is 0.200. The van der Waals surface area contributed by atoms with Crippen LogP contribution in [0.4, 0.5) is 0 Å². The molecule has 3 nitrogen and oxygen atoms in total. The quantitative estimate of drug-likeness (QED) is 0.763. The second-order valence-corrected chi connectivity index (χ2v) is 5.08. The molecule has 0 aliphatic rings. The van der Waals surface area contributed by atoms with Crippen molar-refractivity contribution in [1.82, 2.24) is 0 Å². The van der Waals surface area contributed by atoms with Crippen molar-refractivity contribution in [2.75, 3.05) is 0 Å². The number of thiophene rings is 1. The molecule has 0 bridgehead atoms. The minimum Gasteiger partial charge on any atom is -0.224 e. The highest BCUT2D eigenvalue weighted by Crippen LogP contribution is 2.29. The number of aryl methyl sites for hydroxylation is 1. The summed E-state index contributed by atoms with van der Waals surface area (Å²) in [4.78, 5) is 0. The van der Waals surface area contributed by atoms with E-state index in [2.05, 4.69) is 0 Å². The van der Waals surface area contributed by atoms with Gasteiger partial charge in [0.1, 0.15) is 0 Å². The van der Waals surface area contributed by atoms with Crippen molar-refractivity contribution < 1.29 is 8.42 Å². The highest BCUT2D eigenvalue weighted by Gasteiger charge is 2.16. The van der Waals surface area contributed by atoms with E-state index in [-0.39, 0.29) is 9.23 Å². The number of primary sulfonamides is 1. The Balaban J connectivity index is 3.38. The highest BCUT2D eigenvalue weighted by molar-refractivity contribution is 7.91. The van der Waals surface area contributed by atoms with Crippen LogP contribution in [0.3, 0.4) is 0 Å². The highest BCUT2D eigenvalue weighted by atomic mass is 35.5. The molecule has 0 aliphatic carbocycles. The van der Waals surface area contributed by atoms with Crippen LogP contribution in [0.1, 0.15) is 5.56 Å². The van der Waals surface area contributed by atoms with Gasteiger partial charge in [-0.2, -0.15) is 0 Å². The van der Waals surface area contributed by atoms with Crippen molar-refractivity contribution >= 4 is 33.0 Å². The maximum Gasteiger partial charge on any atom is 0.249 e. The first-order chi connectivity index (χ1) is 4.93. The van der Waals surface area contributed by atoms with Crippen molar-refractivity contribution in [2.45, 2.75) is 11.1 Å². The van der Waals surface area contributed by atoms with E-state index in [9.17, 15) is 8.42 Å². The first-order valence-electron chi connectivity index (χ1n) is 2.69. The van der Waals surface area contributed by atoms with E-state index in [1.807, 2.05) is 0 Å². The molecule has 0 amide bonds. The van der Waals surface area contributed by atoms with Gasteiger partial charge in [-0.1, -0.05) is 11.6 Å². The Labute approximate surface area is 73.8 Å². The summed E-state index contributed by atoms with van der Waals surface area (Å²) >= 11 is 6.68. The first kappa shape index (κ1) is 8.99. The molecule has 0 fully saturated rings. The summed E-state index contributed by atoms with van der Waals surface area (Å²) in [5, 5.41) is 6.76. The molecule has 1 aromatic rings. The molecule has 2 N–H and O–H groups in total. The SMILES string of the molecule is Cc1csc(S(N)(=O)=O)c1Cl. The lowest BCUT2D eigenvalue weighted by molar-refractivity contribution is 0.600. The molecule has 0 atom stereocenters. The minimum absolute atomic E-state index is 0.0386. The third kappa shape index (κ3) is 1.73. The van der Waals surface area contributed by atoms with Gasteiger partial charge in [-0.3, -0.25) is 0 Å². The van der Waals surface area contributed by atoms with Gasteiger partial charge in [-0.05, 0) is 17.9 Å². The minimum atomic E-state index is -3.63. The lowest BCUT2D eigenvalue weighted by Crippen LogP contribution is -2.10. The topological polar surface area (TPSA) is 60.2 Å². The molecular weight excluding hydrogens is 206 g/mol. The van der Waals surface area contributed by atoms with E-state index in [1.54, 1.807) is 12.3 Å². The number of rotatable bonds is 1. The van der Waals surface area contributed by atoms with E-state index in [1.165, 1.54) is 0 Å².